The zero-order valence-electron chi connectivity index (χ0n) is 11.8. The van der Waals surface area contributed by atoms with Crippen LogP contribution in [0.25, 0.3) is 0 Å². The van der Waals surface area contributed by atoms with Gasteiger partial charge in [-0.15, -0.1) is 6.42 Å². The number of ether oxygens (including phenoxy) is 1. The number of halogens is 1. The Balaban J connectivity index is 1.80. The zero-order chi connectivity index (χ0) is 14.9. The number of hydrogen-bond donors (Lipinski definition) is 1. The first-order valence-electron chi connectivity index (χ1n) is 6.89. The van der Waals surface area contributed by atoms with E-state index in [1.54, 1.807) is 12.1 Å². The highest BCUT2D eigenvalue weighted by atomic mass is 19.1. The maximum Gasteiger partial charge on any atom is 0.148 e. The second kappa shape index (κ2) is 8.08. The van der Waals surface area contributed by atoms with Gasteiger partial charge < -0.3 is 10.1 Å². The largest absolute Gasteiger partial charge is 0.481 e. The van der Waals surface area contributed by atoms with Crippen LogP contribution in [0.5, 0.6) is 5.75 Å². The molecule has 0 aliphatic heterocycles. The fraction of sp³-hybridized carbons (Fsp3) is 0.222. The number of rotatable bonds is 7. The van der Waals surface area contributed by atoms with Crippen LogP contribution in [0.4, 0.5) is 4.39 Å². The van der Waals surface area contributed by atoms with Crippen LogP contribution in [0.15, 0.2) is 48.5 Å². The summed E-state index contributed by atoms with van der Waals surface area (Å²) in [5.74, 6) is 3.07. The van der Waals surface area contributed by atoms with E-state index in [1.165, 1.54) is 12.1 Å². The van der Waals surface area contributed by atoms with E-state index in [-0.39, 0.29) is 12.4 Å². The Labute approximate surface area is 125 Å². The first-order chi connectivity index (χ1) is 10.3. The minimum atomic E-state index is -0.203. The molecule has 2 aromatic rings. The van der Waals surface area contributed by atoms with Gasteiger partial charge in [0.15, 0.2) is 0 Å². The van der Waals surface area contributed by atoms with Gasteiger partial charge >= 0.3 is 0 Å². The molecule has 0 bridgehead atoms. The summed E-state index contributed by atoms with van der Waals surface area (Å²) in [7, 11) is 0. The van der Waals surface area contributed by atoms with Crippen LogP contribution >= 0.6 is 0 Å². The van der Waals surface area contributed by atoms with E-state index < -0.39 is 0 Å². The predicted octanol–water partition coefficient (Wildman–Crippen LogP) is 3.17. The predicted molar refractivity (Wildman–Crippen MR) is 82.6 cm³/mol. The molecule has 0 heterocycles. The average molecular weight is 283 g/mol. The van der Waals surface area contributed by atoms with Gasteiger partial charge in [-0.3, -0.25) is 0 Å². The smallest absolute Gasteiger partial charge is 0.148 e. The van der Waals surface area contributed by atoms with Crippen LogP contribution in [0.1, 0.15) is 11.1 Å². The summed E-state index contributed by atoms with van der Waals surface area (Å²) < 4.78 is 18.3. The molecule has 0 atom stereocenters. The van der Waals surface area contributed by atoms with Gasteiger partial charge in [-0.1, -0.05) is 36.3 Å². The minimum Gasteiger partial charge on any atom is -0.481 e. The van der Waals surface area contributed by atoms with Crippen molar-refractivity contribution in [2.24, 2.45) is 0 Å². The van der Waals surface area contributed by atoms with Gasteiger partial charge in [0.25, 0.3) is 0 Å². The Morgan fingerprint density at radius 1 is 1.10 bits per heavy atom. The topological polar surface area (TPSA) is 21.3 Å². The second-order valence-electron chi connectivity index (χ2n) is 4.65. The molecule has 0 spiro atoms. The number of para-hydroxylation sites is 1. The second-order valence-corrected chi connectivity index (χ2v) is 4.65. The lowest BCUT2D eigenvalue weighted by Crippen LogP contribution is -2.17. The van der Waals surface area contributed by atoms with Gasteiger partial charge in [0, 0.05) is 12.1 Å². The van der Waals surface area contributed by atoms with E-state index in [9.17, 15) is 4.39 Å². The highest BCUT2D eigenvalue weighted by molar-refractivity contribution is 5.33. The number of hydrogen-bond acceptors (Lipinski definition) is 2. The molecule has 1 N–H and O–H groups in total. The summed E-state index contributed by atoms with van der Waals surface area (Å²) in [6, 6.07) is 14.4. The summed E-state index contributed by atoms with van der Waals surface area (Å²) >= 11 is 0. The van der Waals surface area contributed by atoms with E-state index in [2.05, 4.69) is 11.2 Å². The molecule has 0 aromatic heterocycles. The molecule has 0 aliphatic carbocycles. The molecule has 2 rings (SSSR count). The fourth-order valence-electron chi connectivity index (χ4n) is 2.02. The van der Waals surface area contributed by atoms with E-state index in [1.807, 2.05) is 24.3 Å². The summed E-state index contributed by atoms with van der Waals surface area (Å²) in [6.45, 7) is 1.80. The standard InChI is InChI=1S/C18H18FNO/c1-2-13-21-18-6-4-3-5-16(18)14-20-12-11-15-7-9-17(19)10-8-15/h1,3-10,20H,11-14H2. The maximum atomic E-state index is 12.8. The lowest BCUT2D eigenvalue weighted by molar-refractivity contribution is 0.365. The van der Waals surface area contributed by atoms with Crippen molar-refractivity contribution in [1.82, 2.24) is 5.32 Å². The van der Waals surface area contributed by atoms with Gasteiger partial charge in [0.2, 0.25) is 0 Å². The van der Waals surface area contributed by atoms with Crippen molar-refractivity contribution in [3.63, 3.8) is 0 Å². The van der Waals surface area contributed by atoms with Crippen molar-refractivity contribution < 1.29 is 9.13 Å². The normalized spacial score (nSPS) is 10.1. The third-order valence-electron chi connectivity index (χ3n) is 3.10. The lowest BCUT2D eigenvalue weighted by atomic mass is 10.1. The minimum absolute atomic E-state index is 0.203. The highest BCUT2D eigenvalue weighted by Gasteiger charge is 2.02. The first kappa shape index (κ1) is 15.1. The molecular weight excluding hydrogens is 265 g/mol. The molecule has 0 fully saturated rings. The SMILES string of the molecule is C#CCOc1ccccc1CNCCc1ccc(F)cc1. The molecule has 0 saturated heterocycles. The molecule has 0 amide bonds. The van der Waals surface area contributed by atoms with Crippen molar-refractivity contribution in [2.75, 3.05) is 13.2 Å². The summed E-state index contributed by atoms with van der Waals surface area (Å²) in [4.78, 5) is 0. The molecular formula is C18H18FNO. The molecule has 2 aromatic carbocycles. The summed E-state index contributed by atoms with van der Waals surface area (Å²) in [6.07, 6.45) is 6.06. The Morgan fingerprint density at radius 2 is 1.86 bits per heavy atom. The van der Waals surface area contributed by atoms with E-state index >= 15 is 0 Å². The van der Waals surface area contributed by atoms with Crippen LogP contribution in [-0.4, -0.2) is 13.2 Å². The first-order valence-corrected chi connectivity index (χ1v) is 6.89. The van der Waals surface area contributed by atoms with Gasteiger partial charge in [-0.2, -0.15) is 0 Å². The summed E-state index contributed by atoms with van der Waals surface area (Å²) in [5.41, 5.74) is 2.19. The molecule has 0 aliphatic rings. The molecule has 0 radical (unpaired) electrons. The van der Waals surface area contributed by atoms with Gasteiger partial charge in [-0.25, -0.2) is 4.39 Å². The van der Waals surface area contributed by atoms with Crippen molar-refractivity contribution >= 4 is 0 Å². The van der Waals surface area contributed by atoms with Gasteiger partial charge in [-0.05, 0) is 36.7 Å². The van der Waals surface area contributed by atoms with Crippen LogP contribution in [0.2, 0.25) is 0 Å². The van der Waals surface area contributed by atoms with E-state index in [4.69, 9.17) is 11.2 Å². The lowest BCUT2D eigenvalue weighted by Gasteiger charge is -2.10. The van der Waals surface area contributed by atoms with Crippen molar-refractivity contribution in [2.45, 2.75) is 13.0 Å². The molecule has 21 heavy (non-hydrogen) atoms. The molecule has 2 nitrogen and oxygen atoms in total. The summed E-state index contributed by atoms with van der Waals surface area (Å²) in [5, 5.41) is 3.36. The molecule has 0 saturated carbocycles. The monoisotopic (exact) mass is 283 g/mol. The average Bonchev–Trinajstić information content (AvgIpc) is 2.52. The Morgan fingerprint density at radius 3 is 2.62 bits per heavy atom. The van der Waals surface area contributed by atoms with Gasteiger partial charge in [0.1, 0.15) is 18.2 Å². The van der Waals surface area contributed by atoms with Crippen molar-refractivity contribution in [1.29, 1.82) is 0 Å². The third-order valence-corrected chi connectivity index (χ3v) is 3.10. The Kier molecular flexibility index (Phi) is 5.81. The van der Waals surface area contributed by atoms with Crippen LogP contribution in [0.3, 0.4) is 0 Å². The van der Waals surface area contributed by atoms with Crippen LogP contribution < -0.4 is 10.1 Å². The van der Waals surface area contributed by atoms with Crippen LogP contribution in [-0.2, 0) is 13.0 Å². The third kappa shape index (κ3) is 4.94. The fourth-order valence-corrected chi connectivity index (χ4v) is 2.02. The Hall–Kier alpha value is -2.31. The molecule has 0 unspecified atom stereocenters. The number of benzene rings is 2. The van der Waals surface area contributed by atoms with Crippen molar-refractivity contribution in [3.8, 4) is 18.1 Å². The number of nitrogens with one attached hydrogen (secondary N) is 1. The van der Waals surface area contributed by atoms with Crippen molar-refractivity contribution in [3.05, 3.63) is 65.5 Å². The van der Waals surface area contributed by atoms with Crippen LogP contribution in [0, 0.1) is 18.2 Å². The van der Waals surface area contributed by atoms with E-state index in [0.29, 0.717) is 6.54 Å². The Bertz CT molecular complexity index is 601. The molecule has 108 valence electrons. The zero-order valence-corrected chi connectivity index (χ0v) is 11.8. The van der Waals surface area contributed by atoms with Gasteiger partial charge in [0.05, 0.1) is 0 Å². The number of terminal acetylenes is 1. The van der Waals surface area contributed by atoms with E-state index in [0.717, 1.165) is 29.8 Å². The quantitative estimate of drug-likeness (QED) is 0.622. The highest BCUT2D eigenvalue weighted by Crippen LogP contribution is 2.17. The molecule has 3 heteroatoms. The maximum absolute atomic E-state index is 12.8.